The molecular weight excluding hydrogens is 378 g/mol. The minimum Gasteiger partial charge on any atom is -0.377 e. The Kier molecular flexibility index (Phi) is 7.36. The highest BCUT2D eigenvalue weighted by atomic mass is 14.9. The van der Waals surface area contributed by atoms with Gasteiger partial charge in [0.25, 0.3) is 0 Å². The molecule has 3 aromatic rings. The predicted octanol–water partition coefficient (Wildman–Crippen LogP) is 6.08. The highest BCUT2D eigenvalue weighted by Gasteiger charge is 2.18. The van der Waals surface area contributed by atoms with Crippen LogP contribution in [0.5, 0.6) is 0 Å². The molecule has 0 amide bonds. The lowest BCUT2D eigenvalue weighted by atomic mass is 9.91. The zero-order chi connectivity index (χ0) is 22.2. The van der Waals surface area contributed by atoms with Gasteiger partial charge in [0.1, 0.15) is 0 Å². The largest absolute Gasteiger partial charge is 0.377 e. The molecule has 1 aromatic heterocycles. The molecule has 0 fully saturated rings. The van der Waals surface area contributed by atoms with E-state index in [4.69, 9.17) is 5.73 Å². The van der Waals surface area contributed by atoms with Crippen LogP contribution in [0.25, 0.3) is 17.0 Å². The summed E-state index contributed by atoms with van der Waals surface area (Å²) in [6.45, 7) is 16.5. The third kappa shape index (κ3) is 5.47. The number of hydrogen-bond donors (Lipinski definition) is 2. The quantitative estimate of drug-likeness (QED) is 0.400. The number of rotatable bonds is 10. The summed E-state index contributed by atoms with van der Waals surface area (Å²) in [6.07, 6.45) is 8.21. The van der Waals surface area contributed by atoms with Crippen LogP contribution in [0.3, 0.4) is 0 Å². The van der Waals surface area contributed by atoms with Crippen molar-refractivity contribution in [2.75, 3.05) is 11.9 Å². The van der Waals surface area contributed by atoms with Crippen LogP contribution in [-0.2, 0) is 6.42 Å². The second-order valence-corrected chi connectivity index (χ2v) is 7.42. The van der Waals surface area contributed by atoms with E-state index < -0.39 is 0 Å². The third-order valence-electron chi connectivity index (χ3n) is 5.23. The van der Waals surface area contributed by atoms with Gasteiger partial charge in [0, 0.05) is 23.8 Å². The van der Waals surface area contributed by atoms with Gasteiger partial charge in [-0.3, -0.25) is 4.98 Å². The first-order valence-corrected chi connectivity index (χ1v) is 10.3. The summed E-state index contributed by atoms with van der Waals surface area (Å²) < 4.78 is 0. The van der Waals surface area contributed by atoms with Crippen LogP contribution in [0.2, 0.25) is 0 Å². The lowest BCUT2D eigenvalue weighted by molar-refractivity contribution is 0.826. The fourth-order valence-electron chi connectivity index (χ4n) is 3.51. The molecule has 0 spiro atoms. The predicted molar refractivity (Wildman–Crippen MR) is 135 cm³/mol. The van der Waals surface area contributed by atoms with Gasteiger partial charge in [0.15, 0.2) is 0 Å². The molecule has 0 saturated carbocycles. The lowest BCUT2D eigenvalue weighted by Gasteiger charge is -2.25. The number of nitrogens with two attached hydrogens (primary N) is 1. The van der Waals surface area contributed by atoms with Crippen LogP contribution in [0.1, 0.15) is 11.1 Å². The molecule has 0 aliphatic carbocycles. The number of anilines is 1. The summed E-state index contributed by atoms with van der Waals surface area (Å²) in [6, 6.07) is 18.5. The van der Waals surface area contributed by atoms with E-state index in [2.05, 4.69) is 66.9 Å². The maximum Gasteiger partial charge on any atom is 0.0728 e. The Labute approximate surface area is 185 Å². The van der Waals surface area contributed by atoms with Crippen LogP contribution in [-0.4, -0.2) is 17.6 Å². The standard InChI is InChI=1S/C28H29N3/c1-5-21(4)25(16-20(3)19-29)28(18-23-10-8-7-9-11-23)31-26-14-15-30-27-17-22(6-2)12-13-24(26)27/h5-17,28H,1-4,18-19,29H2,(H,30,31)/b25-16+. The van der Waals surface area contributed by atoms with Gasteiger partial charge in [0.2, 0.25) is 0 Å². The maximum absolute atomic E-state index is 5.83. The number of aromatic nitrogens is 1. The molecule has 0 radical (unpaired) electrons. The number of nitrogens with one attached hydrogen (secondary N) is 1. The van der Waals surface area contributed by atoms with E-state index in [1.165, 1.54) is 5.56 Å². The summed E-state index contributed by atoms with van der Waals surface area (Å²) in [5.74, 6) is 0. The van der Waals surface area contributed by atoms with Crippen LogP contribution in [0.15, 0.2) is 116 Å². The Morgan fingerprint density at radius 1 is 1.06 bits per heavy atom. The summed E-state index contributed by atoms with van der Waals surface area (Å²) in [7, 11) is 0. The second-order valence-electron chi connectivity index (χ2n) is 7.42. The molecule has 31 heavy (non-hydrogen) atoms. The van der Waals surface area contributed by atoms with Crippen molar-refractivity contribution < 1.29 is 0 Å². The van der Waals surface area contributed by atoms with E-state index in [0.29, 0.717) is 6.54 Å². The number of pyridine rings is 1. The average molecular weight is 408 g/mol. The van der Waals surface area contributed by atoms with E-state index >= 15 is 0 Å². The molecule has 0 saturated heterocycles. The first-order chi connectivity index (χ1) is 15.0. The first-order valence-electron chi connectivity index (χ1n) is 10.3. The van der Waals surface area contributed by atoms with Crippen molar-refractivity contribution >= 4 is 22.7 Å². The summed E-state index contributed by atoms with van der Waals surface area (Å²) in [5, 5.41) is 4.78. The Hall–Kier alpha value is -3.69. The Balaban J connectivity index is 2.08. The minimum absolute atomic E-state index is 0.0547. The van der Waals surface area contributed by atoms with Gasteiger partial charge in [-0.1, -0.05) is 87.0 Å². The molecule has 2 aromatic carbocycles. The Bertz CT molecular complexity index is 1140. The van der Waals surface area contributed by atoms with Crippen LogP contribution < -0.4 is 11.1 Å². The van der Waals surface area contributed by atoms with E-state index in [-0.39, 0.29) is 6.04 Å². The number of nitrogens with zero attached hydrogens (tertiary/aromatic N) is 1. The molecule has 1 atom stereocenters. The minimum atomic E-state index is -0.0547. The monoisotopic (exact) mass is 407 g/mol. The molecule has 0 bridgehead atoms. The molecule has 3 heteroatoms. The Morgan fingerprint density at radius 3 is 2.52 bits per heavy atom. The number of hydrogen-bond acceptors (Lipinski definition) is 3. The van der Waals surface area contributed by atoms with Crippen LogP contribution >= 0.6 is 0 Å². The second kappa shape index (κ2) is 10.4. The van der Waals surface area contributed by atoms with E-state index in [1.807, 2.05) is 42.6 Å². The van der Waals surface area contributed by atoms with Crippen molar-refractivity contribution in [3.63, 3.8) is 0 Å². The zero-order valence-electron chi connectivity index (χ0n) is 17.9. The topological polar surface area (TPSA) is 50.9 Å². The molecule has 0 aliphatic heterocycles. The van der Waals surface area contributed by atoms with Gasteiger partial charge in [0.05, 0.1) is 11.6 Å². The van der Waals surface area contributed by atoms with Gasteiger partial charge in [-0.05, 0) is 46.4 Å². The maximum atomic E-state index is 5.83. The van der Waals surface area contributed by atoms with Crippen molar-refractivity contribution in [1.82, 2.24) is 4.98 Å². The molecule has 0 aliphatic rings. The molecule has 156 valence electrons. The fourth-order valence-corrected chi connectivity index (χ4v) is 3.51. The van der Waals surface area contributed by atoms with Crippen molar-refractivity contribution in [2.45, 2.75) is 12.5 Å². The summed E-state index contributed by atoms with van der Waals surface area (Å²) in [5.41, 5.74) is 12.7. The third-order valence-corrected chi connectivity index (χ3v) is 5.23. The van der Waals surface area contributed by atoms with Crippen molar-refractivity contribution in [1.29, 1.82) is 0 Å². The molecule has 1 heterocycles. The van der Waals surface area contributed by atoms with Crippen molar-refractivity contribution in [2.24, 2.45) is 5.73 Å². The van der Waals surface area contributed by atoms with Crippen LogP contribution in [0, 0.1) is 0 Å². The van der Waals surface area contributed by atoms with Crippen LogP contribution in [0.4, 0.5) is 5.69 Å². The first kappa shape index (κ1) is 22.0. The normalized spacial score (nSPS) is 12.2. The van der Waals surface area contributed by atoms with Gasteiger partial charge in [-0.25, -0.2) is 0 Å². The number of allylic oxidation sites excluding steroid dienone is 1. The smallest absolute Gasteiger partial charge is 0.0728 e. The summed E-state index contributed by atoms with van der Waals surface area (Å²) >= 11 is 0. The highest BCUT2D eigenvalue weighted by molar-refractivity contribution is 5.92. The fraction of sp³-hybridized carbons (Fsp3) is 0.107. The Morgan fingerprint density at radius 2 is 1.84 bits per heavy atom. The van der Waals surface area contributed by atoms with Crippen molar-refractivity contribution in [3.05, 3.63) is 127 Å². The van der Waals surface area contributed by atoms with Gasteiger partial charge in [-0.2, -0.15) is 0 Å². The average Bonchev–Trinajstić information content (AvgIpc) is 2.81. The van der Waals surface area contributed by atoms with Gasteiger partial charge in [-0.15, -0.1) is 0 Å². The number of fused-ring (bicyclic) bond motifs is 1. The van der Waals surface area contributed by atoms with Gasteiger partial charge >= 0.3 is 0 Å². The highest BCUT2D eigenvalue weighted by Crippen LogP contribution is 2.28. The molecule has 3 rings (SSSR count). The molecule has 3 nitrogen and oxygen atoms in total. The SMILES string of the molecule is C=CC(=C)/C(=C\C(=C)CN)C(Cc1ccccc1)Nc1ccnc2cc(C=C)ccc12. The van der Waals surface area contributed by atoms with Gasteiger partial charge < -0.3 is 11.1 Å². The summed E-state index contributed by atoms with van der Waals surface area (Å²) in [4.78, 5) is 4.53. The molecular formula is C28H29N3. The molecule has 3 N–H and O–H groups in total. The molecule has 1 unspecified atom stereocenters. The lowest BCUT2D eigenvalue weighted by Crippen LogP contribution is -2.26. The van der Waals surface area contributed by atoms with E-state index in [0.717, 1.165) is 45.3 Å². The zero-order valence-corrected chi connectivity index (χ0v) is 17.9. The van der Waals surface area contributed by atoms with Crippen molar-refractivity contribution in [3.8, 4) is 0 Å². The van der Waals surface area contributed by atoms with E-state index in [9.17, 15) is 0 Å². The van der Waals surface area contributed by atoms with E-state index in [1.54, 1.807) is 6.08 Å². The number of benzene rings is 2.